The van der Waals surface area contributed by atoms with Gasteiger partial charge in [-0.2, -0.15) is 0 Å². The Hall–Kier alpha value is -1.15. The molecule has 9 atom stereocenters. The lowest BCUT2D eigenvalue weighted by Gasteiger charge is -2.40. The van der Waals surface area contributed by atoms with E-state index >= 15 is 0 Å². The SMILES string of the molecule is CCCCCCCCC/C=C/CCCC(O)C(O)C(COC1OC(CO)C(O)C(O)C1O)NC(=O)C(O)CCCCCCCCCCCCC. The molecule has 0 saturated carbocycles. The van der Waals surface area contributed by atoms with Crippen molar-refractivity contribution in [2.75, 3.05) is 13.2 Å². The van der Waals surface area contributed by atoms with Crippen LogP contribution in [0.15, 0.2) is 12.2 Å². The van der Waals surface area contributed by atoms with Gasteiger partial charge in [-0.05, 0) is 38.5 Å². The van der Waals surface area contributed by atoms with E-state index in [2.05, 4.69) is 31.3 Å². The number of aliphatic hydroxyl groups excluding tert-OH is 7. The molecule has 8 N–H and O–H groups in total. The maximum atomic E-state index is 13.0. The molecule has 0 aliphatic carbocycles. The molecular weight excluding hydrogens is 642 g/mol. The molecular formula is C39H75NO10. The molecule has 1 amide bonds. The van der Waals surface area contributed by atoms with Crippen molar-refractivity contribution in [2.45, 2.75) is 217 Å². The topological polar surface area (TPSA) is 189 Å². The summed E-state index contributed by atoms with van der Waals surface area (Å²) in [6, 6.07) is -1.18. The molecule has 1 rings (SSSR count). The van der Waals surface area contributed by atoms with Gasteiger partial charge in [0, 0.05) is 0 Å². The predicted octanol–water partition coefficient (Wildman–Crippen LogP) is 4.94. The predicted molar refractivity (Wildman–Crippen MR) is 196 cm³/mol. The molecule has 11 nitrogen and oxygen atoms in total. The summed E-state index contributed by atoms with van der Waals surface area (Å²) in [5.74, 6) is -0.709. The van der Waals surface area contributed by atoms with Gasteiger partial charge < -0.3 is 50.5 Å². The molecule has 1 aliphatic heterocycles. The van der Waals surface area contributed by atoms with Gasteiger partial charge in [-0.15, -0.1) is 0 Å². The van der Waals surface area contributed by atoms with Crippen molar-refractivity contribution >= 4 is 5.91 Å². The van der Waals surface area contributed by atoms with Gasteiger partial charge in [0.25, 0.3) is 0 Å². The first kappa shape index (κ1) is 46.9. The highest BCUT2D eigenvalue weighted by molar-refractivity contribution is 5.80. The molecule has 1 saturated heterocycles. The van der Waals surface area contributed by atoms with Crippen LogP contribution in [-0.2, 0) is 14.3 Å². The molecule has 0 radical (unpaired) electrons. The Morgan fingerprint density at radius 3 is 1.72 bits per heavy atom. The summed E-state index contributed by atoms with van der Waals surface area (Å²) < 4.78 is 11.0. The molecule has 50 heavy (non-hydrogen) atoms. The molecule has 0 bridgehead atoms. The van der Waals surface area contributed by atoms with Gasteiger partial charge in [0.05, 0.1) is 25.4 Å². The Morgan fingerprint density at radius 2 is 1.18 bits per heavy atom. The molecule has 1 aliphatic rings. The van der Waals surface area contributed by atoms with E-state index in [9.17, 15) is 40.5 Å². The highest BCUT2D eigenvalue weighted by Crippen LogP contribution is 2.23. The fourth-order valence-corrected chi connectivity index (χ4v) is 6.38. The standard InChI is InChI=1S/C39H75NO10/c1-3-5-7-9-11-13-15-17-18-20-22-24-26-31(42)34(44)30(29-49-39-37(47)36(46)35(45)33(28-41)50-39)40-38(48)32(43)27-25-23-21-19-16-14-12-10-8-6-4-2/h18,20,30-37,39,41-47H,3-17,19,21-29H2,1-2H3,(H,40,48)/b20-18+. The number of hydrogen-bond acceptors (Lipinski definition) is 10. The first-order chi connectivity index (χ1) is 24.2. The van der Waals surface area contributed by atoms with Crippen LogP contribution in [0.2, 0.25) is 0 Å². The molecule has 9 unspecified atom stereocenters. The third-order valence-electron chi connectivity index (χ3n) is 9.82. The van der Waals surface area contributed by atoms with Crippen LogP contribution in [0, 0.1) is 0 Å². The zero-order valence-corrected chi connectivity index (χ0v) is 31.4. The van der Waals surface area contributed by atoms with E-state index < -0.39 is 74.2 Å². The van der Waals surface area contributed by atoms with E-state index in [0.29, 0.717) is 12.8 Å². The molecule has 0 aromatic heterocycles. The normalized spacial score (nSPS) is 23.6. The molecule has 11 heteroatoms. The number of carbonyl (C=O) groups excluding carboxylic acids is 1. The molecule has 1 heterocycles. The summed E-state index contributed by atoms with van der Waals surface area (Å²) in [4.78, 5) is 13.0. The minimum atomic E-state index is -1.66. The van der Waals surface area contributed by atoms with Crippen molar-refractivity contribution in [3.05, 3.63) is 12.2 Å². The lowest BCUT2D eigenvalue weighted by Crippen LogP contribution is -2.60. The Kier molecular flexibility index (Phi) is 28.4. The molecule has 0 aromatic rings. The number of aliphatic hydroxyl groups is 7. The van der Waals surface area contributed by atoms with Crippen LogP contribution in [0.5, 0.6) is 0 Å². The van der Waals surface area contributed by atoms with Gasteiger partial charge in [-0.1, -0.05) is 135 Å². The molecule has 0 aromatic carbocycles. The lowest BCUT2D eigenvalue weighted by molar-refractivity contribution is -0.303. The minimum Gasteiger partial charge on any atom is -0.394 e. The highest BCUT2D eigenvalue weighted by atomic mass is 16.7. The van der Waals surface area contributed by atoms with Gasteiger partial charge in [0.2, 0.25) is 5.91 Å². The van der Waals surface area contributed by atoms with E-state index in [4.69, 9.17) is 9.47 Å². The Balaban J connectivity index is 2.58. The summed E-state index contributed by atoms with van der Waals surface area (Å²) in [6.45, 7) is 3.37. The largest absolute Gasteiger partial charge is 0.394 e. The summed E-state index contributed by atoms with van der Waals surface area (Å²) in [5, 5.41) is 75.2. The van der Waals surface area contributed by atoms with Crippen molar-refractivity contribution in [3.63, 3.8) is 0 Å². The summed E-state index contributed by atoms with van der Waals surface area (Å²) in [6.07, 6.45) is 17.0. The van der Waals surface area contributed by atoms with Crippen LogP contribution in [0.25, 0.3) is 0 Å². The van der Waals surface area contributed by atoms with Crippen LogP contribution < -0.4 is 5.32 Å². The maximum Gasteiger partial charge on any atom is 0.249 e. The van der Waals surface area contributed by atoms with Gasteiger partial charge in [0.15, 0.2) is 6.29 Å². The fourth-order valence-electron chi connectivity index (χ4n) is 6.38. The number of hydrogen-bond donors (Lipinski definition) is 8. The minimum absolute atomic E-state index is 0.257. The van der Waals surface area contributed by atoms with Gasteiger partial charge in [-0.25, -0.2) is 0 Å². The summed E-state index contributed by atoms with van der Waals surface area (Å²) in [7, 11) is 0. The third kappa shape index (κ3) is 20.8. The Bertz CT molecular complexity index is 831. The van der Waals surface area contributed by atoms with Crippen molar-refractivity contribution in [1.29, 1.82) is 0 Å². The lowest BCUT2D eigenvalue weighted by atomic mass is 9.98. The van der Waals surface area contributed by atoms with Crippen LogP contribution in [0.1, 0.15) is 162 Å². The second kappa shape index (κ2) is 30.3. The van der Waals surface area contributed by atoms with E-state index in [0.717, 1.165) is 38.5 Å². The summed E-state index contributed by atoms with van der Waals surface area (Å²) >= 11 is 0. The van der Waals surface area contributed by atoms with Crippen molar-refractivity contribution < 1.29 is 50.0 Å². The summed E-state index contributed by atoms with van der Waals surface area (Å²) in [5.41, 5.74) is 0. The van der Waals surface area contributed by atoms with Crippen LogP contribution in [-0.4, -0.2) is 110 Å². The zero-order chi connectivity index (χ0) is 37.0. The monoisotopic (exact) mass is 718 g/mol. The quantitative estimate of drug-likeness (QED) is 0.0350. The van der Waals surface area contributed by atoms with Gasteiger partial charge >= 0.3 is 0 Å². The number of ether oxygens (including phenoxy) is 2. The molecule has 296 valence electrons. The Morgan fingerprint density at radius 1 is 0.680 bits per heavy atom. The van der Waals surface area contributed by atoms with Crippen molar-refractivity contribution in [2.24, 2.45) is 0 Å². The third-order valence-corrected chi connectivity index (χ3v) is 9.82. The number of nitrogens with one attached hydrogen (secondary N) is 1. The zero-order valence-electron chi connectivity index (χ0n) is 31.4. The Labute approximate surface area is 302 Å². The number of allylic oxidation sites excluding steroid dienone is 2. The average molecular weight is 718 g/mol. The van der Waals surface area contributed by atoms with E-state index in [-0.39, 0.29) is 12.8 Å². The fraction of sp³-hybridized carbons (Fsp3) is 0.923. The van der Waals surface area contributed by atoms with Crippen LogP contribution >= 0.6 is 0 Å². The number of carbonyl (C=O) groups is 1. The molecule has 0 spiro atoms. The smallest absolute Gasteiger partial charge is 0.249 e. The molecule has 1 fully saturated rings. The number of rotatable bonds is 32. The second-order valence-corrected chi connectivity index (χ2v) is 14.4. The highest BCUT2D eigenvalue weighted by Gasteiger charge is 2.44. The van der Waals surface area contributed by atoms with E-state index in [1.807, 2.05) is 0 Å². The van der Waals surface area contributed by atoms with Gasteiger partial charge in [-0.3, -0.25) is 4.79 Å². The van der Waals surface area contributed by atoms with E-state index in [1.54, 1.807) is 0 Å². The number of unbranched alkanes of at least 4 members (excludes halogenated alkanes) is 18. The maximum absolute atomic E-state index is 13.0. The van der Waals surface area contributed by atoms with Gasteiger partial charge in [0.1, 0.15) is 36.6 Å². The van der Waals surface area contributed by atoms with E-state index in [1.165, 1.54) is 83.5 Å². The van der Waals surface area contributed by atoms with Crippen LogP contribution in [0.4, 0.5) is 0 Å². The second-order valence-electron chi connectivity index (χ2n) is 14.4. The average Bonchev–Trinajstić information content (AvgIpc) is 3.11. The van der Waals surface area contributed by atoms with Crippen molar-refractivity contribution in [1.82, 2.24) is 5.32 Å². The first-order valence-corrected chi connectivity index (χ1v) is 20.1. The first-order valence-electron chi connectivity index (χ1n) is 20.1. The van der Waals surface area contributed by atoms with Crippen LogP contribution in [0.3, 0.4) is 0 Å². The number of amides is 1. The van der Waals surface area contributed by atoms with Crippen molar-refractivity contribution in [3.8, 4) is 0 Å².